The fourth-order valence-electron chi connectivity index (χ4n) is 4.85. The first kappa shape index (κ1) is 35.9. The second kappa shape index (κ2) is 22.3. The molecule has 1 aromatic heterocycles. The summed E-state index contributed by atoms with van der Waals surface area (Å²) in [6, 6.07) is 2.91. The van der Waals surface area contributed by atoms with Crippen LogP contribution in [-0.2, 0) is 19.1 Å². The van der Waals surface area contributed by atoms with Gasteiger partial charge in [-0.1, -0.05) is 90.4 Å². The largest absolute Gasteiger partial charge is 0.462 e. The van der Waals surface area contributed by atoms with Gasteiger partial charge in [0.05, 0.1) is 17.2 Å². The molecule has 12 heteroatoms. The van der Waals surface area contributed by atoms with Gasteiger partial charge in [-0.15, -0.1) is 0 Å². The van der Waals surface area contributed by atoms with Crippen LogP contribution in [0.15, 0.2) is 16.8 Å². The summed E-state index contributed by atoms with van der Waals surface area (Å²) in [5.41, 5.74) is 0.779. The van der Waals surface area contributed by atoms with Crippen LogP contribution in [-0.4, -0.2) is 58.1 Å². The van der Waals surface area contributed by atoms with Crippen LogP contribution >= 0.6 is 0 Å². The van der Waals surface area contributed by atoms with Crippen LogP contribution < -0.4 is 5.32 Å². The maximum absolute atomic E-state index is 12.2. The number of hydrogen-bond acceptors (Lipinski definition) is 11. The Labute approximate surface area is 254 Å². The normalized spacial score (nSPS) is 11.9. The molecule has 0 aliphatic rings. The van der Waals surface area contributed by atoms with Gasteiger partial charge in [0.1, 0.15) is 6.61 Å². The lowest BCUT2D eigenvalue weighted by molar-refractivity contribution is -0.383. The van der Waals surface area contributed by atoms with Gasteiger partial charge in [-0.25, -0.2) is 4.63 Å². The molecule has 0 unspecified atom stereocenters. The molecule has 1 aromatic carbocycles. The molecule has 43 heavy (non-hydrogen) atoms. The monoisotopic (exact) mass is 606 g/mol. The van der Waals surface area contributed by atoms with Crippen LogP contribution in [0.25, 0.3) is 11.0 Å². The third-order valence-electron chi connectivity index (χ3n) is 7.38. The van der Waals surface area contributed by atoms with E-state index in [4.69, 9.17) is 9.47 Å². The molecule has 0 aliphatic carbocycles. The molecule has 0 saturated carbocycles. The number of carbonyl (C=O) groups is 2. The number of carbonyl (C=O) groups excluding carboxylic acids is 2. The number of benzene rings is 1. The van der Waals surface area contributed by atoms with E-state index in [1.165, 1.54) is 70.3 Å². The molecule has 0 radical (unpaired) electrons. The Hall–Kier alpha value is -3.28. The van der Waals surface area contributed by atoms with Gasteiger partial charge in [0.25, 0.3) is 0 Å². The van der Waals surface area contributed by atoms with E-state index >= 15 is 0 Å². The standard InChI is InChI=1S/C31H50N4O8/c1-2-3-4-5-6-7-8-9-10-11-12-13-15-18-28(37)41-24-25(23-36)42-29(38)19-16-14-17-22-32-26-20-21-27(35(39)40)31-30(26)33-43-34-31/h20-21,25,32,36H,2-19,22-24H2,1H3/t25-/m0/s1. The quantitative estimate of drug-likeness (QED) is 0.0488. The third kappa shape index (κ3) is 15.1. The zero-order valence-electron chi connectivity index (χ0n) is 25.7. The van der Waals surface area contributed by atoms with Crippen molar-refractivity contribution < 1.29 is 33.7 Å². The molecule has 12 nitrogen and oxygen atoms in total. The van der Waals surface area contributed by atoms with E-state index in [1.54, 1.807) is 6.07 Å². The number of nitro benzene ring substituents is 1. The predicted octanol–water partition coefficient (Wildman–Crippen LogP) is 7.03. The average molecular weight is 607 g/mol. The fraction of sp³-hybridized carbons (Fsp3) is 0.742. The Kier molecular flexibility index (Phi) is 18.6. The molecule has 242 valence electrons. The highest BCUT2D eigenvalue weighted by Crippen LogP contribution is 2.28. The summed E-state index contributed by atoms with van der Waals surface area (Å²) in [5, 5.41) is 31.1. The first-order valence-corrected chi connectivity index (χ1v) is 16.1. The van der Waals surface area contributed by atoms with Crippen molar-refractivity contribution in [1.82, 2.24) is 10.3 Å². The Balaban J connectivity index is 1.45. The number of nitrogens with zero attached hydrogens (tertiary/aromatic N) is 3. The van der Waals surface area contributed by atoms with Crippen molar-refractivity contribution >= 4 is 34.3 Å². The van der Waals surface area contributed by atoms with Crippen LogP contribution in [0, 0.1) is 10.1 Å². The molecule has 0 amide bonds. The zero-order valence-corrected chi connectivity index (χ0v) is 25.7. The van der Waals surface area contributed by atoms with Crippen molar-refractivity contribution in [3.63, 3.8) is 0 Å². The Morgan fingerprint density at radius 2 is 1.42 bits per heavy atom. The van der Waals surface area contributed by atoms with Gasteiger partial charge in [-0.05, 0) is 35.6 Å². The van der Waals surface area contributed by atoms with Crippen LogP contribution in [0.1, 0.15) is 122 Å². The van der Waals surface area contributed by atoms with E-state index in [1.807, 2.05) is 0 Å². The number of anilines is 1. The van der Waals surface area contributed by atoms with E-state index in [2.05, 4.69) is 27.2 Å². The molecule has 0 bridgehead atoms. The van der Waals surface area contributed by atoms with Gasteiger partial charge in [0, 0.05) is 25.5 Å². The number of aliphatic hydroxyl groups is 1. The number of ether oxygens (including phenoxy) is 2. The van der Waals surface area contributed by atoms with Crippen LogP contribution in [0.3, 0.4) is 0 Å². The fourth-order valence-corrected chi connectivity index (χ4v) is 4.85. The summed E-state index contributed by atoms with van der Waals surface area (Å²) in [4.78, 5) is 34.7. The molecule has 0 saturated heterocycles. The predicted molar refractivity (Wildman–Crippen MR) is 164 cm³/mol. The lowest BCUT2D eigenvalue weighted by atomic mass is 10.0. The molecule has 0 spiro atoms. The number of nitrogens with one attached hydrogen (secondary N) is 1. The first-order valence-electron chi connectivity index (χ1n) is 16.1. The summed E-state index contributed by atoms with van der Waals surface area (Å²) < 4.78 is 15.1. The highest BCUT2D eigenvalue weighted by atomic mass is 16.6. The summed E-state index contributed by atoms with van der Waals surface area (Å²) in [5.74, 6) is -0.790. The van der Waals surface area contributed by atoms with Gasteiger partial charge < -0.3 is 19.9 Å². The molecule has 2 rings (SSSR count). The maximum Gasteiger partial charge on any atom is 0.306 e. The lowest BCUT2D eigenvalue weighted by Crippen LogP contribution is -2.28. The van der Waals surface area contributed by atoms with E-state index < -0.39 is 23.6 Å². The van der Waals surface area contributed by atoms with E-state index in [0.29, 0.717) is 25.1 Å². The van der Waals surface area contributed by atoms with Crippen LogP contribution in [0.4, 0.5) is 11.4 Å². The Bertz CT molecular complexity index is 1080. The zero-order chi connectivity index (χ0) is 31.1. The van der Waals surface area contributed by atoms with E-state index in [9.17, 15) is 24.8 Å². The number of esters is 2. The van der Waals surface area contributed by atoms with Crippen molar-refractivity contribution in [2.24, 2.45) is 0 Å². The molecular weight excluding hydrogens is 556 g/mol. The minimum absolute atomic E-state index is 0.0847. The lowest BCUT2D eigenvalue weighted by Gasteiger charge is -2.15. The van der Waals surface area contributed by atoms with Crippen molar-refractivity contribution in [1.29, 1.82) is 0 Å². The molecule has 2 aromatic rings. The summed E-state index contributed by atoms with van der Waals surface area (Å²) in [6.45, 7) is 2.24. The van der Waals surface area contributed by atoms with Gasteiger partial charge in [-0.3, -0.25) is 19.7 Å². The highest BCUT2D eigenvalue weighted by Gasteiger charge is 2.19. The second-order valence-electron chi connectivity index (χ2n) is 11.1. The van der Waals surface area contributed by atoms with E-state index in [-0.39, 0.29) is 35.7 Å². The molecular formula is C31H50N4O8. The van der Waals surface area contributed by atoms with Crippen LogP contribution in [0.5, 0.6) is 0 Å². The topological polar surface area (TPSA) is 167 Å². The molecule has 1 atom stereocenters. The molecule has 2 N–H and O–H groups in total. The van der Waals surface area contributed by atoms with Gasteiger partial charge in [0.2, 0.25) is 5.52 Å². The third-order valence-corrected chi connectivity index (χ3v) is 7.38. The number of unbranched alkanes of at least 4 members (excludes halogenated alkanes) is 14. The summed E-state index contributed by atoms with van der Waals surface area (Å²) in [6.07, 6.45) is 17.8. The van der Waals surface area contributed by atoms with Crippen molar-refractivity contribution in [3.05, 3.63) is 22.2 Å². The number of aliphatic hydroxyl groups excluding tert-OH is 1. The van der Waals surface area contributed by atoms with Crippen molar-refractivity contribution in [2.75, 3.05) is 25.1 Å². The average Bonchev–Trinajstić information content (AvgIpc) is 3.49. The maximum atomic E-state index is 12.2. The number of nitro groups is 1. The van der Waals surface area contributed by atoms with Gasteiger partial charge >= 0.3 is 17.6 Å². The smallest absolute Gasteiger partial charge is 0.306 e. The van der Waals surface area contributed by atoms with E-state index in [0.717, 1.165) is 32.1 Å². The van der Waals surface area contributed by atoms with Crippen molar-refractivity contribution in [3.8, 4) is 0 Å². The summed E-state index contributed by atoms with van der Waals surface area (Å²) in [7, 11) is 0. The Morgan fingerprint density at radius 3 is 2.02 bits per heavy atom. The van der Waals surface area contributed by atoms with Gasteiger partial charge in [-0.2, -0.15) is 0 Å². The number of rotatable bonds is 26. The minimum atomic E-state index is -0.870. The van der Waals surface area contributed by atoms with Crippen LogP contribution in [0.2, 0.25) is 0 Å². The second-order valence-corrected chi connectivity index (χ2v) is 11.1. The Morgan fingerprint density at radius 1 is 0.860 bits per heavy atom. The highest BCUT2D eigenvalue weighted by molar-refractivity contribution is 5.93. The minimum Gasteiger partial charge on any atom is -0.462 e. The summed E-state index contributed by atoms with van der Waals surface area (Å²) >= 11 is 0. The molecule has 0 aliphatic heterocycles. The molecule has 0 fully saturated rings. The van der Waals surface area contributed by atoms with Gasteiger partial charge in [0.15, 0.2) is 11.6 Å². The number of fused-ring (bicyclic) bond motifs is 1. The molecule has 1 heterocycles. The number of aromatic nitrogens is 2. The first-order chi connectivity index (χ1) is 21.0. The SMILES string of the molecule is CCCCCCCCCCCCCCCC(=O)OC[C@H](CO)OC(=O)CCCCCNc1ccc([N+](=O)[O-])c2nonc12. The number of non-ortho nitro benzene ring substituents is 1. The number of hydrogen-bond donors (Lipinski definition) is 2. The van der Waals surface area contributed by atoms with Crippen molar-refractivity contribution in [2.45, 2.75) is 129 Å².